The molecule has 1 heterocycles. The average molecular weight is 409 g/mol. The summed E-state index contributed by atoms with van der Waals surface area (Å²) in [6.07, 6.45) is 2.95. The molecular weight excluding hydrogens is 376 g/mol. The molecule has 30 heavy (non-hydrogen) atoms. The number of hydrogen-bond acceptors (Lipinski definition) is 4. The number of aromatic nitrogens is 2. The molecule has 0 saturated carbocycles. The van der Waals surface area contributed by atoms with Crippen LogP contribution in [0.5, 0.6) is 5.75 Å². The van der Waals surface area contributed by atoms with Gasteiger partial charge in [-0.25, -0.2) is 4.98 Å². The molecule has 6 nitrogen and oxygen atoms in total. The van der Waals surface area contributed by atoms with Crippen molar-refractivity contribution in [2.75, 3.05) is 33.8 Å². The van der Waals surface area contributed by atoms with E-state index in [4.69, 9.17) is 9.72 Å². The molecule has 0 aliphatic rings. The third-order valence-corrected chi connectivity index (χ3v) is 4.95. The van der Waals surface area contributed by atoms with Crippen molar-refractivity contribution in [1.82, 2.24) is 19.8 Å². The van der Waals surface area contributed by atoms with Crippen molar-refractivity contribution in [3.05, 3.63) is 60.4 Å². The first-order valence-electron chi connectivity index (χ1n) is 10.7. The molecule has 0 atom stereocenters. The number of carbonyl (C=O) groups is 1. The largest absolute Gasteiger partial charge is 0.494 e. The van der Waals surface area contributed by atoms with Crippen LogP contribution in [0.3, 0.4) is 0 Å². The molecule has 0 bridgehead atoms. The first-order chi connectivity index (χ1) is 14.6. The van der Waals surface area contributed by atoms with E-state index in [-0.39, 0.29) is 5.91 Å². The van der Waals surface area contributed by atoms with Gasteiger partial charge in [0.05, 0.1) is 17.6 Å². The number of carbonyl (C=O) groups excluding carboxylic acids is 1. The van der Waals surface area contributed by atoms with Gasteiger partial charge in [-0.1, -0.05) is 30.3 Å². The lowest BCUT2D eigenvalue weighted by atomic mass is 10.3. The lowest BCUT2D eigenvalue weighted by molar-refractivity contribution is -0.121. The second-order valence-electron chi connectivity index (χ2n) is 7.69. The minimum atomic E-state index is 0.0573. The summed E-state index contributed by atoms with van der Waals surface area (Å²) in [5.74, 6) is 1.93. The molecule has 3 aromatic rings. The Labute approximate surface area is 178 Å². The highest BCUT2D eigenvalue weighted by atomic mass is 16.5. The molecule has 0 aliphatic carbocycles. The molecule has 0 saturated heterocycles. The van der Waals surface area contributed by atoms with Gasteiger partial charge < -0.3 is 19.5 Å². The average Bonchev–Trinajstić information content (AvgIpc) is 3.09. The molecular formula is C24H32N4O2. The number of nitrogens with zero attached hydrogens (tertiary/aromatic N) is 3. The fourth-order valence-electron chi connectivity index (χ4n) is 3.45. The first kappa shape index (κ1) is 21.8. The number of amides is 1. The Hall–Kier alpha value is -2.86. The SMILES string of the molecule is CN(C)CCCn1c(CCNC(=O)CCCOc2ccccc2)nc2ccccc21. The Morgan fingerprint density at radius 3 is 2.63 bits per heavy atom. The summed E-state index contributed by atoms with van der Waals surface area (Å²) in [5.41, 5.74) is 2.18. The van der Waals surface area contributed by atoms with Crippen LogP contribution in [0.4, 0.5) is 0 Å². The van der Waals surface area contributed by atoms with Crippen LogP contribution in [0.1, 0.15) is 25.1 Å². The van der Waals surface area contributed by atoms with Crippen molar-refractivity contribution in [1.29, 1.82) is 0 Å². The van der Waals surface area contributed by atoms with Gasteiger partial charge in [-0.2, -0.15) is 0 Å². The number of nitrogens with one attached hydrogen (secondary N) is 1. The van der Waals surface area contributed by atoms with Crippen LogP contribution in [0, 0.1) is 0 Å². The number of aryl methyl sites for hydroxylation is 1. The molecule has 6 heteroatoms. The van der Waals surface area contributed by atoms with Crippen LogP contribution in [0.2, 0.25) is 0 Å². The third kappa shape index (κ3) is 6.59. The van der Waals surface area contributed by atoms with E-state index in [1.165, 1.54) is 0 Å². The molecule has 160 valence electrons. The van der Waals surface area contributed by atoms with Crippen molar-refractivity contribution in [2.24, 2.45) is 0 Å². The molecule has 0 radical (unpaired) electrons. The van der Waals surface area contributed by atoms with Crippen molar-refractivity contribution >= 4 is 16.9 Å². The summed E-state index contributed by atoms with van der Waals surface area (Å²) in [6.45, 7) is 3.10. The minimum Gasteiger partial charge on any atom is -0.494 e. The van der Waals surface area contributed by atoms with Crippen LogP contribution in [-0.2, 0) is 17.8 Å². The summed E-state index contributed by atoms with van der Waals surface area (Å²) >= 11 is 0. The summed E-state index contributed by atoms with van der Waals surface area (Å²) in [7, 11) is 4.18. The van der Waals surface area contributed by atoms with Crippen molar-refractivity contribution in [2.45, 2.75) is 32.2 Å². The molecule has 0 spiro atoms. The maximum absolute atomic E-state index is 12.1. The quantitative estimate of drug-likeness (QED) is 0.466. The van der Waals surface area contributed by atoms with Gasteiger partial charge in [-0.05, 0) is 57.7 Å². The van der Waals surface area contributed by atoms with E-state index in [1.807, 2.05) is 42.5 Å². The minimum absolute atomic E-state index is 0.0573. The highest BCUT2D eigenvalue weighted by molar-refractivity contribution is 5.76. The molecule has 0 unspecified atom stereocenters. The fourth-order valence-corrected chi connectivity index (χ4v) is 3.45. The maximum Gasteiger partial charge on any atom is 0.220 e. The number of benzene rings is 2. The fraction of sp³-hybridized carbons (Fsp3) is 0.417. The number of imidazole rings is 1. The number of para-hydroxylation sites is 3. The number of ether oxygens (including phenoxy) is 1. The smallest absolute Gasteiger partial charge is 0.220 e. The van der Waals surface area contributed by atoms with Gasteiger partial charge in [0.15, 0.2) is 0 Å². The first-order valence-corrected chi connectivity index (χ1v) is 10.7. The Kier molecular flexibility index (Phi) is 8.27. The predicted molar refractivity (Wildman–Crippen MR) is 121 cm³/mol. The van der Waals surface area contributed by atoms with E-state index in [0.717, 1.165) is 48.5 Å². The Bertz CT molecular complexity index is 921. The van der Waals surface area contributed by atoms with E-state index in [0.29, 0.717) is 26.0 Å². The number of fused-ring (bicyclic) bond motifs is 1. The number of hydrogen-bond donors (Lipinski definition) is 1. The van der Waals surface area contributed by atoms with Crippen LogP contribution in [0.25, 0.3) is 11.0 Å². The Morgan fingerprint density at radius 2 is 1.83 bits per heavy atom. The molecule has 1 N–H and O–H groups in total. The summed E-state index contributed by atoms with van der Waals surface area (Å²) < 4.78 is 7.93. The molecule has 3 rings (SSSR count). The van der Waals surface area contributed by atoms with Crippen molar-refractivity contribution in [3.63, 3.8) is 0 Å². The zero-order valence-corrected chi connectivity index (χ0v) is 18.0. The van der Waals surface area contributed by atoms with Crippen molar-refractivity contribution < 1.29 is 9.53 Å². The highest BCUT2D eigenvalue weighted by Crippen LogP contribution is 2.17. The van der Waals surface area contributed by atoms with E-state index in [9.17, 15) is 4.79 Å². The number of rotatable bonds is 12. The molecule has 0 aliphatic heterocycles. The third-order valence-electron chi connectivity index (χ3n) is 4.95. The summed E-state index contributed by atoms with van der Waals surface area (Å²) in [5, 5.41) is 3.02. The zero-order chi connectivity index (χ0) is 21.2. The molecule has 2 aromatic carbocycles. The van der Waals surface area contributed by atoms with Crippen LogP contribution < -0.4 is 10.1 Å². The van der Waals surface area contributed by atoms with Gasteiger partial charge in [0.25, 0.3) is 0 Å². The normalized spacial score (nSPS) is 11.2. The zero-order valence-electron chi connectivity index (χ0n) is 18.0. The second kappa shape index (κ2) is 11.4. The maximum atomic E-state index is 12.1. The van der Waals surface area contributed by atoms with Crippen LogP contribution in [-0.4, -0.2) is 54.1 Å². The van der Waals surface area contributed by atoms with Gasteiger partial charge in [-0.3, -0.25) is 4.79 Å². The molecule has 0 fully saturated rings. The van der Waals surface area contributed by atoms with Gasteiger partial charge in [0, 0.05) is 25.9 Å². The lowest BCUT2D eigenvalue weighted by Crippen LogP contribution is -2.26. The molecule has 1 aromatic heterocycles. The van der Waals surface area contributed by atoms with E-state index >= 15 is 0 Å². The van der Waals surface area contributed by atoms with Crippen LogP contribution >= 0.6 is 0 Å². The van der Waals surface area contributed by atoms with Crippen LogP contribution in [0.15, 0.2) is 54.6 Å². The summed E-state index contributed by atoms with van der Waals surface area (Å²) in [6, 6.07) is 17.9. The van der Waals surface area contributed by atoms with Gasteiger partial charge >= 0.3 is 0 Å². The standard InChI is InChI=1S/C24H32N4O2/c1-27(2)17-9-18-28-22-13-7-6-12-21(22)26-23(28)15-16-25-24(29)14-8-19-30-20-10-4-3-5-11-20/h3-7,10-13H,8-9,14-19H2,1-2H3,(H,25,29). The van der Waals surface area contributed by atoms with E-state index in [1.54, 1.807) is 0 Å². The topological polar surface area (TPSA) is 59.4 Å². The summed E-state index contributed by atoms with van der Waals surface area (Å²) in [4.78, 5) is 19.1. The van der Waals surface area contributed by atoms with Crippen molar-refractivity contribution in [3.8, 4) is 5.75 Å². The molecule has 1 amide bonds. The van der Waals surface area contributed by atoms with E-state index in [2.05, 4.69) is 41.0 Å². The predicted octanol–water partition coefficient (Wildman–Crippen LogP) is 3.51. The van der Waals surface area contributed by atoms with Gasteiger partial charge in [-0.15, -0.1) is 0 Å². The second-order valence-corrected chi connectivity index (χ2v) is 7.69. The van der Waals surface area contributed by atoms with Gasteiger partial charge in [0.2, 0.25) is 5.91 Å². The highest BCUT2D eigenvalue weighted by Gasteiger charge is 2.11. The lowest BCUT2D eigenvalue weighted by Gasteiger charge is -2.13. The van der Waals surface area contributed by atoms with Gasteiger partial charge in [0.1, 0.15) is 11.6 Å². The monoisotopic (exact) mass is 408 g/mol. The Balaban J connectivity index is 1.44. The van der Waals surface area contributed by atoms with E-state index < -0.39 is 0 Å². The Morgan fingerprint density at radius 1 is 1.07 bits per heavy atom.